The first-order valence-corrected chi connectivity index (χ1v) is 9.60. The molecule has 1 saturated carbocycles. The minimum absolute atomic E-state index is 0.598. The summed E-state index contributed by atoms with van der Waals surface area (Å²) in [4.78, 5) is 4.70. The van der Waals surface area contributed by atoms with E-state index in [1.807, 2.05) is 0 Å². The maximum atomic E-state index is 4.70. The molecule has 1 aromatic rings. The number of aryl methyl sites for hydroxylation is 1. The zero-order valence-electron chi connectivity index (χ0n) is 14.2. The third kappa shape index (κ3) is 5.37. The van der Waals surface area contributed by atoms with Gasteiger partial charge in [-0.25, -0.2) is 4.98 Å². The highest BCUT2D eigenvalue weighted by molar-refractivity contribution is 7.09. The lowest BCUT2D eigenvalue weighted by Crippen LogP contribution is -2.36. The van der Waals surface area contributed by atoms with Gasteiger partial charge in [-0.3, -0.25) is 0 Å². The highest BCUT2D eigenvalue weighted by Gasteiger charge is 2.30. The van der Waals surface area contributed by atoms with E-state index < -0.39 is 0 Å². The van der Waals surface area contributed by atoms with E-state index in [4.69, 9.17) is 4.98 Å². The van der Waals surface area contributed by atoms with E-state index in [2.05, 4.69) is 38.4 Å². The van der Waals surface area contributed by atoms with Gasteiger partial charge in [0.2, 0.25) is 0 Å². The van der Waals surface area contributed by atoms with Gasteiger partial charge in [0.25, 0.3) is 0 Å². The zero-order valence-corrected chi connectivity index (χ0v) is 15.0. The number of nitrogens with one attached hydrogen (secondary N) is 1. The van der Waals surface area contributed by atoms with Crippen LogP contribution in [0.25, 0.3) is 0 Å². The Balaban J connectivity index is 1.97. The second-order valence-corrected chi connectivity index (χ2v) is 8.18. The van der Waals surface area contributed by atoms with Gasteiger partial charge < -0.3 is 5.32 Å². The van der Waals surface area contributed by atoms with Crippen molar-refractivity contribution in [2.45, 2.75) is 72.3 Å². The molecule has 3 heteroatoms. The maximum absolute atomic E-state index is 4.70. The lowest BCUT2D eigenvalue weighted by Gasteiger charge is -2.36. The first-order valence-electron chi connectivity index (χ1n) is 8.72. The van der Waals surface area contributed by atoms with Crippen LogP contribution in [0.1, 0.15) is 63.6 Å². The lowest BCUT2D eigenvalue weighted by atomic mass is 9.71. The van der Waals surface area contributed by atoms with Crippen LogP contribution in [0.5, 0.6) is 0 Å². The summed E-state index contributed by atoms with van der Waals surface area (Å²) in [5.74, 6) is 2.61. The van der Waals surface area contributed by atoms with Gasteiger partial charge in [0.15, 0.2) is 0 Å². The molecule has 1 aliphatic carbocycles. The molecule has 0 aromatic carbocycles. The Morgan fingerprint density at radius 2 is 2.14 bits per heavy atom. The fourth-order valence-electron chi connectivity index (χ4n) is 3.77. The van der Waals surface area contributed by atoms with Crippen molar-refractivity contribution in [3.63, 3.8) is 0 Å². The molecule has 0 radical (unpaired) electrons. The smallest absolute Gasteiger partial charge is 0.0897 e. The van der Waals surface area contributed by atoms with E-state index in [0.717, 1.165) is 17.8 Å². The second kappa shape index (κ2) is 8.28. The van der Waals surface area contributed by atoms with Gasteiger partial charge in [0.05, 0.1) is 10.7 Å². The zero-order chi connectivity index (χ0) is 15.2. The van der Waals surface area contributed by atoms with Crippen molar-refractivity contribution in [1.82, 2.24) is 10.3 Å². The predicted octanol–water partition coefficient (Wildman–Crippen LogP) is 4.82. The molecule has 1 aliphatic rings. The molecule has 3 atom stereocenters. The molecule has 0 saturated heterocycles. The minimum atomic E-state index is 0.598. The van der Waals surface area contributed by atoms with Crippen LogP contribution >= 0.6 is 11.3 Å². The molecule has 21 heavy (non-hydrogen) atoms. The molecule has 3 unspecified atom stereocenters. The number of hydrogen-bond acceptors (Lipinski definition) is 3. The van der Waals surface area contributed by atoms with E-state index in [1.54, 1.807) is 11.3 Å². The van der Waals surface area contributed by atoms with Gasteiger partial charge >= 0.3 is 0 Å². The van der Waals surface area contributed by atoms with Crippen molar-refractivity contribution >= 4 is 11.3 Å². The monoisotopic (exact) mass is 308 g/mol. The van der Waals surface area contributed by atoms with Gasteiger partial charge in [-0.1, -0.05) is 40.0 Å². The van der Waals surface area contributed by atoms with Crippen LogP contribution in [0.15, 0.2) is 5.38 Å². The predicted molar refractivity (Wildman–Crippen MR) is 92.9 cm³/mol. The average molecular weight is 309 g/mol. The maximum Gasteiger partial charge on any atom is 0.0897 e. The average Bonchev–Trinajstić information content (AvgIpc) is 2.83. The Morgan fingerprint density at radius 3 is 2.76 bits per heavy atom. The third-order valence-electron chi connectivity index (χ3n) is 4.87. The molecular weight excluding hydrogens is 276 g/mol. The van der Waals surface area contributed by atoms with Crippen LogP contribution < -0.4 is 5.32 Å². The molecule has 1 aromatic heterocycles. The standard InChI is InChI=1S/C18H32N2S/c1-5-6-15-7-8-16(11-19-13(2)3)17(9-15)10-18-12-21-14(4)20-18/h12-13,15-17,19H,5-11H2,1-4H3. The lowest BCUT2D eigenvalue weighted by molar-refractivity contribution is 0.164. The van der Waals surface area contributed by atoms with Crippen molar-refractivity contribution in [3.8, 4) is 0 Å². The van der Waals surface area contributed by atoms with E-state index in [-0.39, 0.29) is 0 Å². The van der Waals surface area contributed by atoms with E-state index >= 15 is 0 Å². The number of nitrogens with zero attached hydrogens (tertiary/aromatic N) is 1. The summed E-state index contributed by atoms with van der Waals surface area (Å²) in [6.07, 6.45) is 8.19. The number of rotatable bonds is 7. The molecule has 0 spiro atoms. The van der Waals surface area contributed by atoms with Gasteiger partial charge in [-0.05, 0) is 50.5 Å². The molecule has 1 heterocycles. The van der Waals surface area contributed by atoms with Crippen molar-refractivity contribution in [2.75, 3.05) is 6.54 Å². The van der Waals surface area contributed by atoms with Crippen LogP contribution in [0, 0.1) is 24.7 Å². The number of aromatic nitrogens is 1. The van der Waals surface area contributed by atoms with E-state index in [9.17, 15) is 0 Å². The Bertz CT molecular complexity index is 413. The summed E-state index contributed by atoms with van der Waals surface area (Å²) in [7, 11) is 0. The van der Waals surface area contributed by atoms with Crippen molar-refractivity contribution < 1.29 is 0 Å². The van der Waals surface area contributed by atoms with Gasteiger partial charge in [0.1, 0.15) is 0 Å². The molecule has 0 amide bonds. The molecule has 1 N–H and O–H groups in total. The molecular formula is C18H32N2S. The Labute approximate surface area is 134 Å². The third-order valence-corrected chi connectivity index (χ3v) is 5.69. The fourth-order valence-corrected chi connectivity index (χ4v) is 4.40. The SMILES string of the molecule is CCCC1CCC(CNC(C)C)C(Cc2csc(C)n2)C1. The highest BCUT2D eigenvalue weighted by Crippen LogP contribution is 2.37. The van der Waals surface area contributed by atoms with E-state index in [0.29, 0.717) is 6.04 Å². The Kier molecular flexibility index (Phi) is 6.69. The number of hydrogen-bond donors (Lipinski definition) is 1. The normalized spacial score (nSPS) is 26.4. The first kappa shape index (κ1) is 17.0. The molecule has 2 nitrogen and oxygen atoms in total. The van der Waals surface area contributed by atoms with Crippen LogP contribution in [0.3, 0.4) is 0 Å². The summed E-state index contributed by atoms with van der Waals surface area (Å²) in [5.41, 5.74) is 1.33. The van der Waals surface area contributed by atoms with Crippen LogP contribution in [0.4, 0.5) is 0 Å². The summed E-state index contributed by atoms with van der Waals surface area (Å²) >= 11 is 1.80. The second-order valence-electron chi connectivity index (χ2n) is 7.11. The summed E-state index contributed by atoms with van der Waals surface area (Å²) < 4.78 is 0. The minimum Gasteiger partial charge on any atom is -0.314 e. The van der Waals surface area contributed by atoms with Gasteiger partial charge in [-0.15, -0.1) is 11.3 Å². The molecule has 1 fully saturated rings. The summed E-state index contributed by atoms with van der Waals surface area (Å²) in [6, 6.07) is 0.598. The topological polar surface area (TPSA) is 24.9 Å². The van der Waals surface area contributed by atoms with Crippen LogP contribution in [-0.2, 0) is 6.42 Å². The Morgan fingerprint density at radius 1 is 1.33 bits per heavy atom. The first-order chi connectivity index (χ1) is 10.1. The Hall–Kier alpha value is -0.410. The largest absolute Gasteiger partial charge is 0.314 e. The molecule has 120 valence electrons. The van der Waals surface area contributed by atoms with Crippen molar-refractivity contribution in [1.29, 1.82) is 0 Å². The fraction of sp³-hybridized carbons (Fsp3) is 0.833. The summed E-state index contributed by atoms with van der Waals surface area (Å²) in [6.45, 7) is 10.1. The highest BCUT2D eigenvalue weighted by atomic mass is 32.1. The quantitative estimate of drug-likeness (QED) is 0.781. The van der Waals surface area contributed by atoms with Crippen molar-refractivity contribution in [3.05, 3.63) is 16.1 Å². The summed E-state index contributed by atoms with van der Waals surface area (Å²) in [5, 5.41) is 7.15. The van der Waals surface area contributed by atoms with Gasteiger partial charge in [0, 0.05) is 11.4 Å². The van der Waals surface area contributed by atoms with E-state index in [1.165, 1.54) is 55.8 Å². The van der Waals surface area contributed by atoms with Gasteiger partial charge in [-0.2, -0.15) is 0 Å². The van der Waals surface area contributed by atoms with Crippen LogP contribution in [0.2, 0.25) is 0 Å². The van der Waals surface area contributed by atoms with Crippen molar-refractivity contribution in [2.24, 2.45) is 17.8 Å². The van der Waals surface area contributed by atoms with Crippen LogP contribution in [-0.4, -0.2) is 17.6 Å². The molecule has 2 rings (SSSR count). The number of thiazole rings is 1. The molecule has 0 aliphatic heterocycles. The molecule has 0 bridgehead atoms.